The fourth-order valence-corrected chi connectivity index (χ4v) is 5.89. The molecule has 2 heterocycles. The number of aromatic carboxylic acids is 1. The second-order valence-corrected chi connectivity index (χ2v) is 9.78. The van der Waals surface area contributed by atoms with Crippen LogP contribution >= 0.6 is 22.9 Å². The molecule has 0 spiro atoms. The molecule has 0 radical (unpaired) electrons. The molecule has 164 valence electrons. The Bertz CT molecular complexity index is 996. The number of hydrogen-bond acceptors (Lipinski definition) is 4. The standard InChI is InChI=1S/C23H25ClN2O4S/c24-16-8-6-15(7-9-16)22(28)26-12-11-17-18(13-26)31-21(20(17)23(29)30)25-19(27)10-5-14-3-1-2-4-14/h6-9,14H,1-5,10-13H2,(H,25,27)(H,29,30). The first-order valence-corrected chi connectivity index (χ1v) is 11.8. The molecule has 2 amide bonds. The van der Waals surface area contributed by atoms with Crippen molar-refractivity contribution in [1.82, 2.24) is 4.90 Å². The van der Waals surface area contributed by atoms with E-state index in [0.717, 1.165) is 16.9 Å². The molecule has 8 heteroatoms. The van der Waals surface area contributed by atoms with E-state index in [1.807, 2.05) is 0 Å². The van der Waals surface area contributed by atoms with Crippen LogP contribution in [0, 0.1) is 5.92 Å². The minimum atomic E-state index is -1.04. The van der Waals surface area contributed by atoms with Gasteiger partial charge in [-0.1, -0.05) is 37.3 Å². The molecular formula is C23H25ClN2O4S. The summed E-state index contributed by atoms with van der Waals surface area (Å²) >= 11 is 7.17. The Labute approximate surface area is 190 Å². The lowest BCUT2D eigenvalue weighted by molar-refractivity contribution is -0.116. The van der Waals surface area contributed by atoms with Crippen molar-refractivity contribution in [3.63, 3.8) is 0 Å². The fraction of sp³-hybridized carbons (Fsp3) is 0.435. The number of amides is 2. The van der Waals surface area contributed by atoms with Crippen LogP contribution in [-0.2, 0) is 17.8 Å². The SMILES string of the molecule is O=C(CCC1CCCC1)Nc1sc2c(c1C(=O)O)CCN(C(=O)c1ccc(Cl)cc1)C2. The number of nitrogens with one attached hydrogen (secondary N) is 1. The van der Waals surface area contributed by atoms with E-state index in [-0.39, 0.29) is 17.4 Å². The van der Waals surface area contributed by atoms with E-state index in [0.29, 0.717) is 47.4 Å². The number of thiophene rings is 1. The van der Waals surface area contributed by atoms with Crippen molar-refractivity contribution in [1.29, 1.82) is 0 Å². The highest BCUT2D eigenvalue weighted by molar-refractivity contribution is 7.17. The number of carbonyl (C=O) groups is 3. The quantitative estimate of drug-likeness (QED) is 0.619. The first-order chi connectivity index (χ1) is 14.9. The Balaban J connectivity index is 1.47. The van der Waals surface area contributed by atoms with E-state index in [1.54, 1.807) is 29.2 Å². The highest BCUT2D eigenvalue weighted by atomic mass is 35.5. The van der Waals surface area contributed by atoms with E-state index in [4.69, 9.17) is 11.6 Å². The predicted molar refractivity (Wildman–Crippen MR) is 121 cm³/mol. The van der Waals surface area contributed by atoms with Gasteiger partial charge in [-0.3, -0.25) is 9.59 Å². The van der Waals surface area contributed by atoms with Gasteiger partial charge in [-0.15, -0.1) is 11.3 Å². The van der Waals surface area contributed by atoms with Gasteiger partial charge in [0, 0.05) is 28.4 Å². The molecule has 0 saturated heterocycles. The maximum atomic E-state index is 12.8. The van der Waals surface area contributed by atoms with Crippen LogP contribution in [0.25, 0.3) is 0 Å². The third-order valence-electron chi connectivity index (χ3n) is 6.16. The van der Waals surface area contributed by atoms with Crippen molar-refractivity contribution in [3.8, 4) is 0 Å². The second-order valence-electron chi connectivity index (χ2n) is 8.23. The van der Waals surface area contributed by atoms with Crippen LogP contribution in [0.4, 0.5) is 5.00 Å². The Morgan fingerprint density at radius 1 is 1.16 bits per heavy atom. The monoisotopic (exact) mass is 460 g/mol. The van der Waals surface area contributed by atoms with Crippen LogP contribution in [0.5, 0.6) is 0 Å². The van der Waals surface area contributed by atoms with Crippen molar-refractivity contribution >= 4 is 45.7 Å². The second kappa shape index (κ2) is 9.40. The van der Waals surface area contributed by atoms with Gasteiger partial charge in [-0.2, -0.15) is 0 Å². The van der Waals surface area contributed by atoms with Gasteiger partial charge >= 0.3 is 5.97 Å². The first kappa shape index (κ1) is 21.8. The van der Waals surface area contributed by atoms with Crippen molar-refractivity contribution in [2.75, 3.05) is 11.9 Å². The van der Waals surface area contributed by atoms with E-state index < -0.39 is 5.97 Å². The topological polar surface area (TPSA) is 86.7 Å². The van der Waals surface area contributed by atoms with Crippen molar-refractivity contribution in [3.05, 3.63) is 50.9 Å². The van der Waals surface area contributed by atoms with Crippen LogP contribution < -0.4 is 5.32 Å². The molecule has 1 aromatic heterocycles. The summed E-state index contributed by atoms with van der Waals surface area (Å²) in [4.78, 5) is 39.8. The molecule has 1 aliphatic heterocycles. The number of fused-ring (bicyclic) bond motifs is 1. The molecule has 0 atom stereocenters. The van der Waals surface area contributed by atoms with Crippen molar-refractivity contribution in [2.45, 2.75) is 51.5 Å². The zero-order chi connectivity index (χ0) is 22.0. The molecule has 31 heavy (non-hydrogen) atoms. The number of halogens is 1. The summed E-state index contributed by atoms with van der Waals surface area (Å²) in [6.07, 6.45) is 6.54. The molecule has 1 fully saturated rings. The average molecular weight is 461 g/mol. The summed E-state index contributed by atoms with van der Waals surface area (Å²) in [6.45, 7) is 0.764. The molecule has 0 unspecified atom stereocenters. The fourth-order valence-electron chi connectivity index (χ4n) is 4.49. The summed E-state index contributed by atoms with van der Waals surface area (Å²) in [6, 6.07) is 6.73. The largest absolute Gasteiger partial charge is 0.478 e. The zero-order valence-corrected chi connectivity index (χ0v) is 18.7. The third-order valence-corrected chi connectivity index (χ3v) is 7.54. The molecule has 1 saturated carbocycles. The predicted octanol–water partition coefficient (Wildman–Crippen LogP) is 5.21. The maximum Gasteiger partial charge on any atom is 0.339 e. The number of carbonyl (C=O) groups excluding carboxylic acids is 2. The molecule has 2 aliphatic rings. The van der Waals surface area contributed by atoms with Gasteiger partial charge in [-0.25, -0.2) is 4.79 Å². The summed E-state index contributed by atoms with van der Waals surface area (Å²) in [5.74, 6) is -0.688. The molecule has 0 bridgehead atoms. The number of benzene rings is 1. The van der Waals surface area contributed by atoms with Crippen LogP contribution in [0.3, 0.4) is 0 Å². The number of carboxylic acid groups (broad SMARTS) is 1. The van der Waals surface area contributed by atoms with Gasteiger partial charge in [-0.05, 0) is 48.6 Å². The number of anilines is 1. The van der Waals surface area contributed by atoms with E-state index in [1.165, 1.54) is 37.0 Å². The average Bonchev–Trinajstić information content (AvgIpc) is 3.39. The third kappa shape index (κ3) is 4.93. The van der Waals surface area contributed by atoms with E-state index in [9.17, 15) is 19.5 Å². The zero-order valence-electron chi connectivity index (χ0n) is 17.2. The van der Waals surface area contributed by atoms with Gasteiger partial charge in [0.05, 0.1) is 12.1 Å². The molecule has 1 aromatic carbocycles. The van der Waals surface area contributed by atoms with E-state index >= 15 is 0 Å². The smallest absolute Gasteiger partial charge is 0.339 e. The molecular weight excluding hydrogens is 436 g/mol. The number of carboxylic acids is 1. The molecule has 1 aliphatic carbocycles. The van der Waals surface area contributed by atoms with Gasteiger partial charge < -0.3 is 15.3 Å². The summed E-state index contributed by atoms with van der Waals surface area (Å²) < 4.78 is 0. The van der Waals surface area contributed by atoms with Crippen LogP contribution in [0.1, 0.15) is 69.7 Å². The number of rotatable bonds is 6. The molecule has 6 nitrogen and oxygen atoms in total. The van der Waals surface area contributed by atoms with Crippen molar-refractivity contribution in [2.24, 2.45) is 5.92 Å². The Kier molecular flexibility index (Phi) is 6.62. The van der Waals surface area contributed by atoms with E-state index in [2.05, 4.69) is 5.32 Å². The van der Waals surface area contributed by atoms with Crippen LogP contribution in [-0.4, -0.2) is 34.3 Å². The van der Waals surface area contributed by atoms with Crippen LogP contribution in [0.15, 0.2) is 24.3 Å². The lowest BCUT2D eigenvalue weighted by Gasteiger charge is -2.27. The summed E-state index contributed by atoms with van der Waals surface area (Å²) in [5.41, 5.74) is 1.44. The van der Waals surface area contributed by atoms with Gasteiger partial charge in [0.25, 0.3) is 5.91 Å². The minimum Gasteiger partial charge on any atom is -0.478 e. The lowest BCUT2D eigenvalue weighted by atomic mass is 10.0. The summed E-state index contributed by atoms with van der Waals surface area (Å²) in [5, 5.41) is 13.6. The Morgan fingerprint density at radius 2 is 1.87 bits per heavy atom. The van der Waals surface area contributed by atoms with Crippen LogP contribution in [0.2, 0.25) is 5.02 Å². The summed E-state index contributed by atoms with van der Waals surface area (Å²) in [7, 11) is 0. The number of hydrogen-bond donors (Lipinski definition) is 2. The van der Waals surface area contributed by atoms with Crippen molar-refractivity contribution < 1.29 is 19.5 Å². The van der Waals surface area contributed by atoms with Gasteiger partial charge in [0.2, 0.25) is 5.91 Å². The Hall–Kier alpha value is -2.38. The molecule has 2 aromatic rings. The van der Waals surface area contributed by atoms with Gasteiger partial charge in [0.15, 0.2) is 0 Å². The highest BCUT2D eigenvalue weighted by Gasteiger charge is 2.30. The minimum absolute atomic E-state index is 0.116. The first-order valence-electron chi connectivity index (χ1n) is 10.6. The highest BCUT2D eigenvalue weighted by Crippen LogP contribution is 2.38. The molecule has 4 rings (SSSR count). The van der Waals surface area contributed by atoms with Gasteiger partial charge in [0.1, 0.15) is 5.00 Å². The number of nitrogens with zero attached hydrogens (tertiary/aromatic N) is 1. The normalized spacial score (nSPS) is 16.2. The molecule has 2 N–H and O–H groups in total. The maximum absolute atomic E-state index is 12.8. The Morgan fingerprint density at radius 3 is 2.55 bits per heavy atom. The lowest BCUT2D eigenvalue weighted by Crippen LogP contribution is -2.35.